The van der Waals surface area contributed by atoms with E-state index in [1.807, 2.05) is 6.92 Å². The van der Waals surface area contributed by atoms with Gasteiger partial charge in [0.2, 0.25) is 0 Å². The van der Waals surface area contributed by atoms with Gasteiger partial charge in [-0.15, -0.1) is 0 Å². The van der Waals surface area contributed by atoms with Crippen LogP contribution in [0.15, 0.2) is 18.2 Å². The van der Waals surface area contributed by atoms with E-state index in [0.717, 1.165) is 12.8 Å². The first kappa shape index (κ1) is 15.3. The van der Waals surface area contributed by atoms with Crippen LogP contribution in [-0.2, 0) is 9.53 Å². The van der Waals surface area contributed by atoms with Crippen LogP contribution in [0.4, 0.5) is 11.4 Å². The van der Waals surface area contributed by atoms with Crippen molar-refractivity contribution >= 4 is 23.3 Å². The molecular formula is C15H20N2O4. The highest BCUT2D eigenvalue weighted by atomic mass is 16.5. The summed E-state index contributed by atoms with van der Waals surface area (Å²) in [5, 5.41) is 8.95. The molecule has 1 fully saturated rings. The van der Waals surface area contributed by atoms with E-state index in [9.17, 15) is 9.59 Å². The summed E-state index contributed by atoms with van der Waals surface area (Å²) in [6, 6.07) is 4.39. The molecule has 21 heavy (non-hydrogen) atoms. The van der Waals surface area contributed by atoms with Crippen molar-refractivity contribution in [1.82, 2.24) is 0 Å². The second kappa shape index (κ2) is 6.58. The lowest BCUT2D eigenvalue weighted by Crippen LogP contribution is -2.42. The molecule has 1 atom stereocenters. The molecule has 0 spiro atoms. The van der Waals surface area contributed by atoms with Gasteiger partial charge in [0.15, 0.2) is 0 Å². The van der Waals surface area contributed by atoms with Crippen molar-refractivity contribution in [2.75, 3.05) is 23.8 Å². The standard InChI is InChI=1S/C15H20N2O4/c1-2-17(14(18)13-5-3-4-8-21-13)12-7-6-10(15(19)20)9-11(12)16/h6-7,9,13H,2-5,8,16H2,1H3,(H,19,20). The lowest BCUT2D eigenvalue weighted by Gasteiger charge is -2.29. The predicted molar refractivity (Wildman–Crippen MR) is 79.4 cm³/mol. The maximum atomic E-state index is 12.5. The van der Waals surface area contributed by atoms with E-state index in [2.05, 4.69) is 0 Å². The molecule has 1 amide bonds. The number of carbonyl (C=O) groups excluding carboxylic acids is 1. The van der Waals surface area contributed by atoms with Crippen molar-refractivity contribution in [2.24, 2.45) is 0 Å². The van der Waals surface area contributed by atoms with Gasteiger partial charge in [0, 0.05) is 13.2 Å². The molecule has 1 aliphatic rings. The molecule has 1 unspecified atom stereocenters. The van der Waals surface area contributed by atoms with Gasteiger partial charge in [0.25, 0.3) is 5.91 Å². The predicted octanol–water partition coefficient (Wildman–Crippen LogP) is 1.89. The minimum atomic E-state index is -1.04. The first-order valence-electron chi connectivity index (χ1n) is 7.10. The Balaban J connectivity index is 2.24. The maximum Gasteiger partial charge on any atom is 0.335 e. The molecule has 1 aromatic carbocycles. The van der Waals surface area contributed by atoms with E-state index >= 15 is 0 Å². The molecule has 1 aromatic rings. The third-order valence-corrected chi connectivity index (χ3v) is 3.60. The van der Waals surface area contributed by atoms with Gasteiger partial charge in [-0.3, -0.25) is 4.79 Å². The largest absolute Gasteiger partial charge is 0.478 e. The van der Waals surface area contributed by atoms with Crippen molar-refractivity contribution in [2.45, 2.75) is 32.3 Å². The van der Waals surface area contributed by atoms with E-state index in [0.29, 0.717) is 25.3 Å². The summed E-state index contributed by atoms with van der Waals surface area (Å²) < 4.78 is 5.52. The van der Waals surface area contributed by atoms with Crippen molar-refractivity contribution in [3.8, 4) is 0 Å². The Labute approximate surface area is 123 Å². The first-order chi connectivity index (χ1) is 10.0. The molecule has 6 heteroatoms. The first-order valence-corrected chi connectivity index (χ1v) is 7.10. The lowest BCUT2D eigenvalue weighted by molar-refractivity contribution is -0.132. The Kier molecular flexibility index (Phi) is 4.80. The number of benzene rings is 1. The van der Waals surface area contributed by atoms with E-state index in [-0.39, 0.29) is 17.2 Å². The van der Waals surface area contributed by atoms with Crippen molar-refractivity contribution in [3.63, 3.8) is 0 Å². The molecule has 114 valence electrons. The van der Waals surface area contributed by atoms with Crippen LogP contribution in [0.5, 0.6) is 0 Å². The smallest absolute Gasteiger partial charge is 0.335 e. The van der Waals surface area contributed by atoms with Crippen LogP contribution in [0.1, 0.15) is 36.5 Å². The Morgan fingerprint density at radius 1 is 1.43 bits per heavy atom. The summed E-state index contributed by atoms with van der Waals surface area (Å²) in [7, 11) is 0. The Hall–Kier alpha value is -2.08. The summed E-state index contributed by atoms with van der Waals surface area (Å²) in [4.78, 5) is 25.0. The van der Waals surface area contributed by atoms with E-state index in [4.69, 9.17) is 15.6 Å². The molecule has 0 saturated carbocycles. The Morgan fingerprint density at radius 3 is 2.71 bits per heavy atom. The number of carboxylic acids is 1. The second-order valence-corrected chi connectivity index (χ2v) is 5.02. The van der Waals surface area contributed by atoms with Crippen LogP contribution in [0.2, 0.25) is 0 Å². The quantitative estimate of drug-likeness (QED) is 0.827. The number of carbonyl (C=O) groups is 2. The molecular weight excluding hydrogens is 272 g/mol. The normalized spacial score (nSPS) is 18.2. The highest BCUT2D eigenvalue weighted by Gasteiger charge is 2.28. The summed E-state index contributed by atoms with van der Waals surface area (Å²) in [5.41, 5.74) is 6.82. The fourth-order valence-electron chi connectivity index (χ4n) is 2.49. The molecule has 1 aliphatic heterocycles. The van der Waals surface area contributed by atoms with Crippen LogP contribution >= 0.6 is 0 Å². The number of amides is 1. The highest BCUT2D eigenvalue weighted by Crippen LogP contribution is 2.27. The van der Waals surface area contributed by atoms with Crippen molar-refractivity contribution in [3.05, 3.63) is 23.8 Å². The van der Waals surface area contributed by atoms with Gasteiger partial charge in [-0.05, 0) is 44.4 Å². The molecule has 1 heterocycles. The number of carboxylic acid groups (broad SMARTS) is 1. The van der Waals surface area contributed by atoms with Gasteiger partial charge < -0.3 is 20.5 Å². The van der Waals surface area contributed by atoms with E-state index in [1.54, 1.807) is 11.0 Å². The van der Waals surface area contributed by atoms with Crippen LogP contribution in [-0.4, -0.2) is 36.2 Å². The summed E-state index contributed by atoms with van der Waals surface area (Å²) in [6.07, 6.45) is 2.23. The van der Waals surface area contributed by atoms with Gasteiger partial charge in [-0.1, -0.05) is 0 Å². The number of nitrogen functional groups attached to an aromatic ring is 1. The van der Waals surface area contributed by atoms with Gasteiger partial charge in [-0.2, -0.15) is 0 Å². The zero-order chi connectivity index (χ0) is 15.4. The zero-order valence-corrected chi connectivity index (χ0v) is 12.0. The SMILES string of the molecule is CCN(C(=O)C1CCCCO1)c1ccc(C(=O)O)cc1N. The Morgan fingerprint density at radius 2 is 2.19 bits per heavy atom. The molecule has 2 rings (SSSR count). The topological polar surface area (TPSA) is 92.9 Å². The molecule has 0 bridgehead atoms. The van der Waals surface area contributed by atoms with Crippen LogP contribution in [0.25, 0.3) is 0 Å². The Bertz CT molecular complexity index is 538. The fraction of sp³-hybridized carbons (Fsp3) is 0.467. The van der Waals surface area contributed by atoms with Crippen molar-refractivity contribution < 1.29 is 19.4 Å². The monoisotopic (exact) mass is 292 g/mol. The molecule has 3 N–H and O–H groups in total. The number of ether oxygens (including phenoxy) is 1. The number of nitrogens with zero attached hydrogens (tertiary/aromatic N) is 1. The van der Waals surface area contributed by atoms with Crippen LogP contribution in [0.3, 0.4) is 0 Å². The molecule has 0 radical (unpaired) electrons. The zero-order valence-electron chi connectivity index (χ0n) is 12.0. The second-order valence-electron chi connectivity index (χ2n) is 5.02. The number of anilines is 2. The minimum absolute atomic E-state index is 0.105. The molecule has 0 aliphatic carbocycles. The average molecular weight is 292 g/mol. The molecule has 6 nitrogen and oxygen atoms in total. The number of hydrogen-bond donors (Lipinski definition) is 2. The summed E-state index contributed by atoms with van der Waals surface area (Å²) in [5.74, 6) is -1.16. The highest BCUT2D eigenvalue weighted by molar-refractivity contribution is 6.00. The third kappa shape index (κ3) is 3.33. The number of aromatic carboxylic acids is 1. The lowest BCUT2D eigenvalue weighted by atomic mass is 10.1. The van der Waals surface area contributed by atoms with Crippen molar-refractivity contribution in [1.29, 1.82) is 0 Å². The molecule has 0 aromatic heterocycles. The molecule has 1 saturated heterocycles. The fourth-order valence-corrected chi connectivity index (χ4v) is 2.49. The number of nitrogens with two attached hydrogens (primary N) is 1. The summed E-state index contributed by atoms with van der Waals surface area (Å²) >= 11 is 0. The van der Waals surface area contributed by atoms with Gasteiger partial charge in [0.1, 0.15) is 6.10 Å². The average Bonchev–Trinajstić information content (AvgIpc) is 2.50. The van der Waals surface area contributed by atoms with Crippen LogP contribution < -0.4 is 10.6 Å². The van der Waals surface area contributed by atoms with Gasteiger partial charge in [-0.25, -0.2) is 4.79 Å². The number of likely N-dealkylation sites (N-methyl/N-ethyl adjacent to an activating group) is 1. The maximum absolute atomic E-state index is 12.5. The van der Waals surface area contributed by atoms with Crippen LogP contribution in [0, 0.1) is 0 Å². The van der Waals surface area contributed by atoms with E-state index < -0.39 is 12.1 Å². The number of hydrogen-bond acceptors (Lipinski definition) is 4. The third-order valence-electron chi connectivity index (χ3n) is 3.60. The van der Waals surface area contributed by atoms with E-state index in [1.165, 1.54) is 12.1 Å². The van der Waals surface area contributed by atoms with Gasteiger partial charge in [0.05, 0.1) is 16.9 Å². The summed E-state index contributed by atoms with van der Waals surface area (Å²) in [6.45, 7) is 2.90. The minimum Gasteiger partial charge on any atom is -0.478 e. The van der Waals surface area contributed by atoms with Gasteiger partial charge >= 0.3 is 5.97 Å². The number of rotatable bonds is 4.